The van der Waals surface area contributed by atoms with E-state index in [1.165, 1.54) is 0 Å². The lowest BCUT2D eigenvalue weighted by atomic mass is 9.84. The smallest absolute Gasteiger partial charge is 0.345 e. The van der Waals surface area contributed by atoms with Crippen molar-refractivity contribution < 1.29 is 19.1 Å². The van der Waals surface area contributed by atoms with E-state index < -0.39 is 11.9 Å². The number of rotatable bonds is 6. The molecule has 0 heterocycles. The Morgan fingerprint density at radius 3 is 1.43 bits per heavy atom. The second kappa shape index (κ2) is 8.20. The van der Waals surface area contributed by atoms with Crippen molar-refractivity contribution in [1.29, 1.82) is 0 Å². The van der Waals surface area contributed by atoms with Gasteiger partial charge < -0.3 is 9.47 Å². The molecular formula is C17H30O4. The summed E-state index contributed by atoms with van der Waals surface area (Å²) in [7, 11) is 0. The lowest BCUT2D eigenvalue weighted by molar-refractivity contribution is -0.148. The molecule has 0 bridgehead atoms. The van der Waals surface area contributed by atoms with Crippen molar-refractivity contribution in [2.45, 2.75) is 55.4 Å². The van der Waals surface area contributed by atoms with Crippen LogP contribution in [0.5, 0.6) is 0 Å². The Hall–Kier alpha value is -1.32. The molecular weight excluding hydrogens is 268 g/mol. The fourth-order valence-corrected chi connectivity index (χ4v) is 1.39. The minimum absolute atomic E-state index is 0.0313. The van der Waals surface area contributed by atoms with Crippen LogP contribution in [0.15, 0.2) is 11.1 Å². The number of ether oxygens (including phenoxy) is 2. The van der Waals surface area contributed by atoms with Gasteiger partial charge in [0.05, 0.1) is 13.2 Å². The third-order valence-electron chi connectivity index (χ3n) is 3.00. The largest absolute Gasteiger partial charge is 0.462 e. The molecule has 0 aliphatic carbocycles. The van der Waals surface area contributed by atoms with Crippen LogP contribution < -0.4 is 0 Å². The van der Waals surface area contributed by atoms with E-state index in [9.17, 15) is 9.59 Å². The van der Waals surface area contributed by atoms with Crippen LogP contribution in [0.2, 0.25) is 0 Å². The molecule has 122 valence electrons. The fraction of sp³-hybridized carbons (Fsp3) is 0.765. The molecule has 0 saturated heterocycles. The minimum Gasteiger partial charge on any atom is -0.462 e. The second-order valence-electron chi connectivity index (χ2n) is 7.23. The molecule has 0 amide bonds. The summed E-state index contributed by atoms with van der Waals surface area (Å²) in [5, 5.41) is 0. The Morgan fingerprint density at radius 1 is 0.857 bits per heavy atom. The summed E-state index contributed by atoms with van der Waals surface area (Å²) in [4.78, 5) is 24.5. The first-order chi connectivity index (χ1) is 9.46. The highest BCUT2D eigenvalue weighted by Gasteiger charge is 2.29. The van der Waals surface area contributed by atoms with Gasteiger partial charge in [-0.05, 0) is 29.7 Å². The summed E-state index contributed by atoms with van der Waals surface area (Å²) in [5.41, 5.74) is 0.414. The number of hydrogen-bond acceptors (Lipinski definition) is 4. The van der Waals surface area contributed by atoms with Gasteiger partial charge >= 0.3 is 11.9 Å². The molecule has 0 atom stereocenters. The lowest BCUT2D eigenvalue weighted by Gasteiger charge is -2.23. The highest BCUT2D eigenvalue weighted by atomic mass is 16.6. The Kier molecular flexibility index (Phi) is 7.69. The zero-order chi connectivity index (χ0) is 16.8. The molecule has 0 unspecified atom stereocenters. The first-order valence-corrected chi connectivity index (χ1v) is 7.52. The number of hydrogen-bond donors (Lipinski definition) is 0. The molecule has 0 spiro atoms. The van der Waals surface area contributed by atoms with Crippen molar-refractivity contribution in [2.24, 2.45) is 17.3 Å². The van der Waals surface area contributed by atoms with Crippen LogP contribution in [0, 0.1) is 17.3 Å². The van der Waals surface area contributed by atoms with Crippen molar-refractivity contribution in [2.75, 3.05) is 13.2 Å². The predicted octanol–water partition coefficient (Wildman–Crippen LogP) is 3.75. The molecule has 0 radical (unpaired) electrons. The molecule has 0 aromatic heterocycles. The van der Waals surface area contributed by atoms with Crippen LogP contribution in [0.1, 0.15) is 55.4 Å². The number of esters is 2. The summed E-state index contributed by atoms with van der Waals surface area (Å²) in [6.07, 6.45) is 0. The summed E-state index contributed by atoms with van der Waals surface area (Å²) in [5.74, 6) is -0.747. The molecule has 0 rings (SSSR count). The Morgan fingerprint density at radius 2 is 1.19 bits per heavy atom. The van der Waals surface area contributed by atoms with Gasteiger partial charge in [-0.25, -0.2) is 9.59 Å². The Balaban J connectivity index is 5.30. The first-order valence-electron chi connectivity index (χ1n) is 7.52. The third-order valence-corrected chi connectivity index (χ3v) is 3.00. The van der Waals surface area contributed by atoms with Crippen molar-refractivity contribution in [3.8, 4) is 0 Å². The maximum Gasteiger partial charge on any atom is 0.345 e. The Labute approximate surface area is 128 Å². The van der Waals surface area contributed by atoms with E-state index >= 15 is 0 Å². The van der Waals surface area contributed by atoms with Gasteiger partial charge in [-0.2, -0.15) is 0 Å². The van der Waals surface area contributed by atoms with Gasteiger partial charge in [0.1, 0.15) is 5.57 Å². The maximum absolute atomic E-state index is 12.2. The van der Waals surface area contributed by atoms with Crippen molar-refractivity contribution >= 4 is 11.9 Å². The van der Waals surface area contributed by atoms with Gasteiger partial charge in [0.25, 0.3) is 0 Å². The van der Waals surface area contributed by atoms with Gasteiger partial charge in [0.15, 0.2) is 0 Å². The van der Waals surface area contributed by atoms with E-state index in [2.05, 4.69) is 0 Å². The van der Waals surface area contributed by atoms with Crippen LogP contribution in [0.4, 0.5) is 0 Å². The summed E-state index contributed by atoms with van der Waals surface area (Å²) < 4.78 is 10.4. The monoisotopic (exact) mass is 298 g/mol. The molecule has 0 aromatic carbocycles. The molecule has 4 nitrogen and oxygen atoms in total. The second-order valence-corrected chi connectivity index (χ2v) is 7.23. The van der Waals surface area contributed by atoms with E-state index in [1.54, 1.807) is 6.92 Å². The quantitative estimate of drug-likeness (QED) is 0.324. The van der Waals surface area contributed by atoms with E-state index in [0.717, 1.165) is 0 Å². The zero-order valence-corrected chi connectivity index (χ0v) is 14.7. The van der Waals surface area contributed by atoms with E-state index in [-0.39, 0.29) is 36.0 Å². The van der Waals surface area contributed by atoms with Crippen LogP contribution in [-0.2, 0) is 19.1 Å². The van der Waals surface area contributed by atoms with Crippen LogP contribution >= 0.6 is 0 Å². The predicted molar refractivity (Wildman–Crippen MR) is 83.7 cm³/mol. The van der Waals surface area contributed by atoms with Crippen LogP contribution in [0.3, 0.4) is 0 Å². The number of allylic oxidation sites excluding steroid dienone is 1. The van der Waals surface area contributed by atoms with Crippen molar-refractivity contribution in [3.05, 3.63) is 11.1 Å². The average molecular weight is 298 g/mol. The maximum atomic E-state index is 12.2. The molecule has 0 saturated carbocycles. The topological polar surface area (TPSA) is 52.6 Å². The highest BCUT2D eigenvalue weighted by Crippen LogP contribution is 2.28. The SMILES string of the molecule is CC(=C(C(=O)OCC(C)C)C(=O)OCC(C)C)C(C)(C)C. The normalized spacial score (nSPS) is 11.5. The minimum atomic E-state index is -0.593. The summed E-state index contributed by atoms with van der Waals surface area (Å²) >= 11 is 0. The highest BCUT2D eigenvalue weighted by molar-refractivity contribution is 6.14. The molecule has 0 aliphatic heterocycles. The Bertz CT molecular complexity index is 372. The molecule has 0 aliphatic rings. The molecule has 21 heavy (non-hydrogen) atoms. The van der Waals surface area contributed by atoms with Crippen molar-refractivity contribution in [3.63, 3.8) is 0 Å². The van der Waals surface area contributed by atoms with Crippen LogP contribution in [0.25, 0.3) is 0 Å². The van der Waals surface area contributed by atoms with Gasteiger partial charge in [-0.1, -0.05) is 48.5 Å². The van der Waals surface area contributed by atoms with Gasteiger partial charge in [-0.3, -0.25) is 0 Å². The zero-order valence-electron chi connectivity index (χ0n) is 14.7. The lowest BCUT2D eigenvalue weighted by Crippen LogP contribution is -2.25. The van der Waals surface area contributed by atoms with E-state index in [1.807, 2.05) is 48.5 Å². The fourth-order valence-electron chi connectivity index (χ4n) is 1.39. The number of carbonyl (C=O) groups excluding carboxylic acids is 2. The molecule has 4 heteroatoms. The summed E-state index contributed by atoms with van der Waals surface area (Å²) in [6, 6.07) is 0. The standard InChI is InChI=1S/C17H30O4/c1-11(2)9-20-15(18)14(13(5)17(6,7)8)16(19)21-10-12(3)4/h11-12H,9-10H2,1-8H3. The molecule has 0 N–H and O–H groups in total. The average Bonchev–Trinajstić information content (AvgIpc) is 2.32. The van der Waals surface area contributed by atoms with Gasteiger partial charge in [-0.15, -0.1) is 0 Å². The summed E-state index contributed by atoms with van der Waals surface area (Å²) in [6.45, 7) is 16.0. The van der Waals surface area contributed by atoms with Gasteiger partial charge in [0, 0.05) is 0 Å². The first kappa shape index (κ1) is 19.7. The third kappa shape index (κ3) is 7.30. The van der Waals surface area contributed by atoms with E-state index in [0.29, 0.717) is 5.57 Å². The van der Waals surface area contributed by atoms with E-state index in [4.69, 9.17) is 9.47 Å². The van der Waals surface area contributed by atoms with Crippen LogP contribution in [-0.4, -0.2) is 25.2 Å². The van der Waals surface area contributed by atoms with Crippen molar-refractivity contribution in [1.82, 2.24) is 0 Å². The molecule has 0 fully saturated rings. The molecule has 0 aromatic rings. The number of carbonyl (C=O) groups is 2. The van der Waals surface area contributed by atoms with Gasteiger partial charge in [0.2, 0.25) is 0 Å².